The number of halogens is 1. The molecule has 4 nitrogen and oxygen atoms in total. The summed E-state index contributed by atoms with van der Waals surface area (Å²) in [7, 11) is 0. The van der Waals surface area contributed by atoms with Gasteiger partial charge in [-0.15, -0.1) is 4.91 Å². The van der Waals surface area contributed by atoms with E-state index < -0.39 is 5.82 Å². The average Bonchev–Trinajstić information content (AvgIpc) is 2.82. The SMILES string of the molecule is Cc1ccc(-c2nc3c(F)cccn3c2N=O)cc1C. The first kappa shape index (κ1) is 12.5. The summed E-state index contributed by atoms with van der Waals surface area (Å²) in [5.74, 6) is -0.366. The van der Waals surface area contributed by atoms with Gasteiger partial charge in [0, 0.05) is 11.8 Å². The van der Waals surface area contributed by atoms with Crippen LogP contribution in [0.5, 0.6) is 0 Å². The summed E-state index contributed by atoms with van der Waals surface area (Å²) in [4.78, 5) is 15.3. The molecule has 0 aliphatic rings. The Morgan fingerprint density at radius 2 is 2.00 bits per heavy atom. The first-order valence-corrected chi connectivity index (χ1v) is 6.19. The highest BCUT2D eigenvalue weighted by molar-refractivity contribution is 5.75. The maximum absolute atomic E-state index is 13.7. The van der Waals surface area contributed by atoms with Crippen LogP contribution in [0.15, 0.2) is 41.7 Å². The largest absolute Gasteiger partial charge is 0.279 e. The van der Waals surface area contributed by atoms with Crippen LogP contribution in [0.3, 0.4) is 0 Å². The maximum atomic E-state index is 13.7. The number of nitrogens with zero attached hydrogens (tertiary/aromatic N) is 3. The van der Waals surface area contributed by atoms with Gasteiger partial charge in [-0.05, 0) is 48.4 Å². The van der Waals surface area contributed by atoms with Crippen LogP contribution in [0, 0.1) is 24.6 Å². The zero-order valence-electron chi connectivity index (χ0n) is 11.1. The Hall–Kier alpha value is -2.56. The fraction of sp³-hybridized carbons (Fsp3) is 0.133. The smallest absolute Gasteiger partial charge is 0.209 e. The summed E-state index contributed by atoms with van der Waals surface area (Å²) in [6, 6.07) is 8.55. The molecule has 3 rings (SSSR count). The lowest BCUT2D eigenvalue weighted by molar-refractivity contribution is 0.630. The van der Waals surface area contributed by atoms with Crippen molar-refractivity contribution in [1.29, 1.82) is 0 Å². The molecule has 0 bridgehead atoms. The highest BCUT2D eigenvalue weighted by Crippen LogP contribution is 2.32. The number of imidazole rings is 1. The van der Waals surface area contributed by atoms with E-state index in [1.807, 2.05) is 32.0 Å². The van der Waals surface area contributed by atoms with Crippen molar-refractivity contribution >= 4 is 11.5 Å². The van der Waals surface area contributed by atoms with Gasteiger partial charge >= 0.3 is 0 Å². The summed E-state index contributed by atoms with van der Waals surface area (Å²) in [6.45, 7) is 3.98. The quantitative estimate of drug-likeness (QED) is 0.656. The van der Waals surface area contributed by atoms with Gasteiger partial charge < -0.3 is 0 Å². The van der Waals surface area contributed by atoms with E-state index in [1.165, 1.54) is 16.5 Å². The first-order valence-electron chi connectivity index (χ1n) is 6.19. The Balaban J connectivity index is 2.33. The van der Waals surface area contributed by atoms with Crippen molar-refractivity contribution in [1.82, 2.24) is 9.38 Å². The van der Waals surface area contributed by atoms with E-state index >= 15 is 0 Å². The van der Waals surface area contributed by atoms with Crippen LogP contribution in [-0.2, 0) is 0 Å². The van der Waals surface area contributed by atoms with E-state index in [9.17, 15) is 9.30 Å². The number of hydrogen-bond acceptors (Lipinski definition) is 3. The molecule has 20 heavy (non-hydrogen) atoms. The molecule has 0 aliphatic heterocycles. The normalized spacial score (nSPS) is 10.9. The van der Waals surface area contributed by atoms with Crippen LogP contribution >= 0.6 is 0 Å². The molecule has 2 heterocycles. The van der Waals surface area contributed by atoms with Crippen LogP contribution in [0.25, 0.3) is 16.9 Å². The third kappa shape index (κ3) is 1.79. The van der Waals surface area contributed by atoms with E-state index in [0.717, 1.165) is 16.7 Å². The molecule has 0 unspecified atom stereocenters. The third-order valence-corrected chi connectivity index (χ3v) is 3.44. The van der Waals surface area contributed by atoms with Crippen molar-refractivity contribution in [3.05, 3.63) is 58.4 Å². The molecule has 0 aliphatic carbocycles. The standard InChI is InChI=1S/C15H12FN3O/c1-9-5-6-11(8-10(9)2)13-15(18-20)19-7-3-4-12(16)14(19)17-13/h3-8H,1-2H3. The summed E-state index contributed by atoms with van der Waals surface area (Å²) >= 11 is 0. The van der Waals surface area contributed by atoms with E-state index in [2.05, 4.69) is 10.2 Å². The second kappa shape index (κ2) is 4.52. The van der Waals surface area contributed by atoms with Crippen molar-refractivity contribution in [2.75, 3.05) is 0 Å². The van der Waals surface area contributed by atoms with Crippen LogP contribution in [0.4, 0.5) is 10.2 Å². The fourth-order valence-corrected chi connectivity index (χ4v) is 2.19. The second-order valence-electron chi connectivity index (χ2n) is 4.72. The number of aryl methyl sites for hydroxylation is 2. The van der Waals surface area contributed by atoms with E-state index in [4.69, 9.17) is 0 Å². The average molecular weight is 269 g/mol. The van der Waals surface area contributed by atoms with E-state index in [0.29, 0.717) is 5.69 Å². The third-order valence-electron chi connectivity index (χ3n) is 3.44. The monoisotopic (exact) mass is 269 g/mol. The highest BCUT2D eigenvalue weighted by Gasteiger charge is 2.17. The highest BCUT2D eigenvalue weighted by atomic mass is 19.1. The second-order valence-corrected chi connectivity index (χ2v) is 4.72. The summed E-state index contributed by atoms with van der Waals surface area (Å²) in [5, 5.41) is 3.01. The number of nitroso groups, excluding NO2 is 1. The molecular formula is C15H12FN3O. The Labute approximate surface area is 114 Å². The minimum absolute atomic E-state index is 0.107. The molecule has 0 atom stereocenters. The minimum Gasteiger partial charge on any atom is -0.279 e. The topological polar surface area (TPSA) is 46.7 Å². The molecule has 0 saturated carbocycles. The molecule has 1 aromatic carbocycles. The summed E-state index contributed by atoms with van der Waals surface area (Å²) in [5.41, 5.74) is 3.48. The Morgan fingerprint density at radius 1 is 1.20 bits per heavy atom. The molecule has 100 valence electrons. The van der Waals surface area contributed by atoms with Crippen molar-refractivity contribution in [3.8, 4) is 11.3 Å². The lowest BCUT2D eigenvalue weighted by atomic mass is 10.0. The molecule has 2 aromatic heterocycles. The van der Waals surface area contributed by atoms with Crippen molar-refractivity contribution in [2.24, 2.45) is 5.18 Å². The van der Waals surface area contributed by atoms with Gasteiger partial charge in [-0.2, -0.15) is 0 Å². The Morgan fingerprint density at radius 3 is 2.70 bits per heavy atom. The van der Waals surface area contributed by atoms with Gasteiger partial charge in [0.1, 0.15) is 5.69 Å². The summed E-state index contributed by atoms with van der Waals surface area (Å²) in [6.07, 6.45) is 1.58. The van der Waals surface area contributed by atoms with Crippen molar-refractivity contribution < 1.29 is 4.39 Å². The molecule has 0 amide bonds. The number of pyridine rings is 1. The predicted molar refractivity (Wildman–Crippen MR) is 75.5 cm³/mol. The maximum Gasteiger partial charge on any atom is 0.209 e. The van der Waals surface area contributed by atoms with Crippen molar-refractivity contribution in [2.45, 2.75) is 13.8 Å². The van der Waals surface area contributed by atoms with Gasteiger partial charge in [0.25, 0.3) is 0 Å². The molecule has 5 heteroatoms. The lowest BCUT2D eigenvalue weighted by Gasteiger charge is -2.02. The van der Waals surface area contributed by atoms with Gasteiger partial charge in [-0.25, -0.2) is 9.37 Å². The number of hydrogen-bond donors (Lipinski definition) is 0. The first-order chi connectivity index (χ1) is 9.61. The minimum atomic E-state index is -0.479. The molecule has 0 N–H and O–H groups in total. The van der Waals surface area contributed by atoms with Gasteiger partial charge in [-0.1, -0.05) is 12.1 Å². The zero-order chi connectivity index (χ0) is 14.3. The predicted octanol–water partition coefficient (Wildman–Crippen LogP) is 4.16. The van der Waals surface area contributed by atoms with Gasteiger partial charge in [0.15, 0.2) is 11.5 Å². The number of aromatic nitrogens is 2. The van der Waals surface area contributed by atoms with Crippen LogP contribution in [0.1, 0.15) is 11.1 Å². The van der Waals surface area contributed by atoms with E-state index in [1.54, 1.807) is 6.20 Å². The van der Waals surface area contributed by atoms with Crippen LogP contribution in [-0.4, -0.2) is 9.38 Å². The van der Waals surface area contributed by atoms with Gasteiger partial charge in [0.05, 0.1) is 0 Å². The molecule has 0 fully saturated rings. The van der Waals surface area contributed by atoms with Crippen LogP contribution in [0.2, 0.25) is 0 Å². The van der Waals surface area contributed by atoms with Gasteiger partial charge in [-0.3, -0.25) is 4.40 Å². The molecule has 3 aromatic rings. The molecule has 0 saturated heterocycles. The Bertz CT molecular complexity index is 823. The number of fused-ring (bicyclic) bond motifs is 1. The fourth-order valence-electron chi connectivity index (χ4n) is 2.19. The molecular weight excluding hydrogens is 257 g/mol. The molecule has 0 spiro atoms. The van der Waals surface area contributed by atoms with E-state index in [-0.39, 0.29) is 11.5 Å². The molecule has 0 radical (unpaired) electrons. The van der Waals surface area contributed by atoms with Crippen molar-refractivity contribution in [3.63, 3.8) is 0 Å². The number of benzene rings is 1. The zero-order valence-corrected chi connectivity index (χ0v) is 11.1. The lowest BCUT2D eigenvalue weighted by Crippen LogP contribution is -1.86. The number of rotatable bonds is 2. The Kier molecular flexibility index (Phi) is 2.82. The summed E-state index contributed by atoms with van der Waals surface area (Å²) < 4.78 is 15.1. The van der Waals surface area contributed by atoms with Crippen LogP contribution < -0.4 is 0 Å². The van der Waals surface area contributed by atoms with Gasteiger partial charge in [0.2, 0.25) is 5.82 Å².